The minimum atomic E-state index is -0.817. The fourth-order valence-electron chi connectivity index (χ4n) is 3.13. The zero-order chi connectivity index (χ0) is 21.8. The maximum absolute atomic E-state index is 13.9. The number of anilines is 1. The van der Waals surface area contributed by atoms with Gasteiger partial charge in [0.25, 0.3) is 11.8 Å². The van der Waals surface area contributed by atoms with E-state index in [1.807, 2.05) is 0 Å². The van der Waals surface area contributed by atoms with Crippen molar-refractivity contribution >= 4 is 29.6 Å². The van der Waals surface area contributed by atoms with Crippen LogP contribution < -0.4 is 15.0 Å². The van der Waals surface area contributed by atoms with Crippen molar-refractivity contribution in [2.24, 2.45) is 0 Å². The van der Waals surface area contributed by atoms with Crippen LogP contribution in [0, 0.1) is 5.82 Å². The van der Waals surface area contributed by atoms with Crippen molar-refractivity contribution in [1.82, 2.24) is 5.32 Å². The van der Waals surface area contributed by atoms with Gasteiger partial charge in [-0.25, -0.2) is 14.1 Å². The van der Waals surface area contributed by atoms with E-state index in [9.17, 15) is 18.8 Å². The molecule has 0 radical (unpaired) electrons. The average Bonchev–Trinajstić information content (AvgIpc) is 2.77. The van der Waals surface area contributed by atoms with Gasteiger partial charge in [0.2, 0.25) is 0 Å². The summed E-state index contributed by atoms with van der Waals surface area (Å²) < 4.78 is 19.6. The maximum atomic E-state index is 13.9. The molecule has 1 aliphatic heterocycles. The molecule has 1 heterocycles. The molecule has 0 unspecified atom stereocenters. The number of imide groups is 2. The van der Waals surface area contributed by atoms with Crippen LogP contribution >= 0.6 is 0 Å². The van der Waals surface area contributed by atoms with Crippen LogP contribution in [0.1, 0.15) is 11.1 Å². The summed E-state index contributed by atoms with van der Waals surface area (Å²) >= 11 is 0. The Morgan fingerprint density at radius 1 is 0.871 bits per heavy atom. The number of carbonyl (C=O) groups is 3. The van der Waals surface area contributed by atoms with E-state index in [-0.39, 0.29) is 12.2 Å². The number of amides is 4. The molecule has 0 atom stereocenters. The Labute approximate surface area is 177 Å². The summed E-state index contributed by atoms with van der Waals surface area (Å²) in [5.74, 6) is -1.57. The first-order valence-corrected chi connectivity index (χ1v) is 9.46. The number of nitrogens with zero attached hydrogens (tertiary/aromatic N) is 1. The molecule has 1 N–H and O–H groups in total. The zero-order valence-corrected chi connectivity index (χ0v) is 16.2. The van der Waals surface area contributed by atoms with E-state index in [2.05, 4.69) is 5.32 Å². The predicted molar refractivity (Wildman–Crippen MR) is 113 cm³/mol. The van der Waals surface area contributed by atoms with E-state index in [0.29, 0.717) is 22.6 Å². The molecule has 0 saturated carbocycles. The summed E-state index contributed by atoms with van der Waals surface area (Å²) in [5, 5.41) is 2.18. The number of barbiturate groups is 1. The zero-order valence-electron chi connectivity index (χ0n) is 16.2. The van der Waals surface area contributed by atoms with Crippen molar-refractivity contribution in [2.75, 3.05) is 4.90 Å². The van der Waals surface area contributed by atoms with Gasteiger partial charge in [-0.15, -0.1) is 0 Å². The van der Waals surface area contributed by atoms with Crippen LogP contribution in [0.3, 0.4) is 0 Å². The minimum Gasteiger partial charge on any atom is -0.488 e. The summed E-state index contributed by atoms with van der Waals surface area (Å²) in [5.41, 5.74) is 0.940. The number of carbonyl (C=O) groups excluding carboxylic acids is 3. The molecule has 7 heteroatoms. The molecule has 0 aromatic heterocycles. The number of benzene rings is 3. The van der Waals surface area contributed by atoms with Crippen molar-refractivity contribution in [2.45, 2.75) is 6.61 Å². The quantitative estimate of drug-likeness (QED) is 0.503. The number of nitrogens with one attached hydrogen (secondary N) is 1. The Hall–Kier alpha value is -4.26. The molecular formula is C24H17FN2O4. The van der Waals surface area contributed by atoms with Crippen molar-refractivity contribution in [3.63, 3.8) is 0 Å². The van der Waals surface area contributed by atoms with Crippen LogP contribution in [-0.4, -0.2) is 17.8 Å². The maximum Gasteiger partial charge on any atom is 0.335 e. The standard InChI is InChI=1S/C24H17FN2O4/c25-20-12-6-4-9-17(20)15-31-21-13-7-5-8-16(21)14-19-22(28)26-24(30)27(23(19)29)18-10-2-1-3-11-18/h1-14H,15H2,(H,26,28,30). The molecule has 0 aliphatic carbocycles. The SMILES string of the molecule is O=C1NC(=O)N(c2ccccc2)C(=O)C1=Cc1ccccc1OCc1ccccc1F. The molecule has 1 fully saturated rings. The van der Waals surface area contributed by atoms with Gasteiger partial charge < -0.3 is 4.74 Å². The molecule has 0 bridgehead atoms. The molecule has 154 valence electrons. The number of rotatable bonds is 5. The molecule has 4 rings (SSSR count). The van der Waals surface area contributed by atoms with Crippen LogP contribution in [0.4, 0.5) is 14.9 Å². The highest BCUT2D eigenvalue weighted by molar-refractivity contribution is 6.39. The second kappa shape index (κ2) is 8.62. The second-order valence-electron chi connectivity index (χ2n) is 6.71. The number of halogens is 1. The summed E-state index contributed by atoms with van der Waals surface area (Å²) in [4.78, 5) is 38.5. The lowest BCUT2D eigenvalue weighted by molar-refractivity contribution is -0.122. The summed E-state index contributed by atoms with van der Waals surface area (Å²) in [7, 11) is 0. The van der Waals surface area contributed by atoms with Crippen LogP contribution in [-0.2, 0) is 16.2 Å². The number of hydrogen-bond acceptors (Lipinski definition) is 4. The van der Waals surface area contributed by atoms with E-state index in [1.54, 1.807) is 72.8 Å². The van der Waals surface area contributed by atoms with E-state index in [0.717, 1.165) is 4.90 Å². The third-order valence-electron chi connectivity index (χ3n) is 4.68. The number of hydrogen-bond donors (Lipinski definition) is 1. The van der Waals surface area contributed by atoms with Gasteiger partial charge in [-0.2, -0.15) is 0 Å². The van der Waals surface area contributed by atoms with E-state index in [4.69, 9.17) is 4.74 Å². The largest absolute Gasteiger partial charge is 0.488 e. The normalized spacial score (nSPS) is 15.2. The number of para-hydroxylation sites is 2. The summed E-state index contributed by atoms with van der Waals surface area (Å²) in [6.45, 7) is -0.0262. The number of ether oxygens (including phenoxy) is 1. The predicted octanol–water partition coefficient (Wildman–Crippen LogP) is 4.07. The Balaban J connectivity index is 1.64. The topological polar surface area (TPSA) is 75.7 Å². The average molecular weight is 416 g/mol. The summed E-state index contributed by atoms with van der Waals surface area (Å²) in [6, 6.07) is 20.5. The van der Waals surface area contributed by atoms with Gasteiger partial charge in [0.15, 0.2) is 0 Å². The van der Waals surface area contributed by atoms with E-state index >= 15 is 0 Å². The third-order valence-corrected chi connectivity index (χ3v) is 4.68. The number of urea groups is 1. The Kier molecular flexibility index (Phi) is 5.57. The summed E-state index contributed by atoms with van der Waals surface area (Å²) in [6.07, 6.45) is 1.36. The van der Waals surface area contributed by atoms with E-state index < -0.39 is 23.7 Å². The van der Waals surface area contributed by atoms with Gasteiger partial charge in [-0.05, 0) is 30.3 Å². The lowest BCUT2D eigenvalue weighted by Gasteiger charge is -2.26. The van der Waals surface area contributed by atoms with Crippen molar-refractivity contribution < 1.29 is 23.5 Å². The van der Waals surface area contributed by atoms with Crippen molar-refractivity contribution in [3.8, 4) is 5.75 Å². The molecular weight excluding hydrogens is 399 g/mol. The Bertz CT molecular complexity index is 1190. The molecule has 3 aromatic rings. The van der Waals surface area contributed by atoms with Crippen LogP contribution in [0.5, 0.6) is 5.75 Å². The lowest BCUT2D eigenvalue weighted by atomic mass is 10.1. The van der Waals surface area contributed by atoms with Gasteiger partial charge in [0.1, 0.15) is 23.7 Å². The lowest BCUT2D eigenvalue weighted by Crippen LogP contribution is -2.54. The smallest absolute Gasteiger partial charge is 0.335 e. The molecule has 1 saturated heterocycles. The fourth-order valence-corrected chi connectivity index (χ4v) is 3.13. The van der Waals surface area contributed by atoms with Gasteiger partial charge in [-0.3, -0.25) is 14.9 Å². The third kappa shape index (κ3) is 4.20. The Morgan fingerprint density at radius 2 is 1.55 bits per heavy atom. The van der Waals surface area contributed by atoms with Gasteiger partial charge >= 0.3 is 6.03 Å². The van der Waals surface area contributed by atoms with Crippen molar-refractivity contribution in [3.05, 3.63) is 101 Å². The first kappa shape index (κ1) is 20.0. The molecule has 0 spiro atoms. The second-order valence-corrected chi connectivity index (χ2v) is 6.71. The molecule has 3 aromatic carbocycles. The highest BCUT2D eigenvalue weighted by atomic mass is 19.1. The van der Waals surface area contributed by atoms with Gasteiger partial charge in [0, 0.05) is 11.1 Å². The van der Waals surface area contributed by atoms with Crippen LogP contribution in [0.15, 0.2) is 84.4 Å². The Morgan fingerprint density at radius 3 is 2.32 bits per heavy atom. The highest BCUT2D eigenvalue weighted by Crippen LogP contribution is 2.26. The van der Waals surface area contributed by atoms with Gasteiger partial charge in [-0.1, -0.05) is 54.6 Å². The van der Waals surface area contributed by atoms with Crippen LogP contribution in [0.25, 0.3) is 6.08 Å². The molecule has 31 heavy (non-hydrogen) atoms. The molecule has 1 aliphatic rings. The first-order chi connectivity index (χ1) is 15.0. The first-order valence-electron chi connectivity index (χ1n) is 9.46. The van der Waals surface area contributed by atoms with Gasteiger partial charge in [0.05, 0.1) is 5.69 Å². The van der Waals surface area contributed by atoms with Crippen molar-refractivity contribution in [1.29, 1.82) is 0 Å². The molecule has 6 nitrogen and oxygen atoms in total. The van der Waals surface area contributed by atoms with E-state index in [1.165, 1.54) is 12.1 Å². The van der Waals surface area contributed by atoms with Crippen LogP contribution in [0.2, 0.25) is 0 Å². The monoisotopic (exact) mass is 416 g/mol. The fraction of sp³-hybridized carbons (Fsp3) is 0.0417. The highest BCUT2D eigenvalue weighted by Gasteiger charge is 2.36. The molecule has 4 amide bonds. The minimum absolute atomic E-state index is 0.0262.